The molecule has 2 saturated carbocycles. The van der Waals surface area contributed by atoms with Gasteiger partial charge >= 0.3 is 5.97 Å². The van der Waals surface area contributed by atoms with Crippen molar-refractivity contribution in [2.75, 3.05) is 13.2 Å². The van der Waals surface area contributed by atoms with Crippen LogP contribution in [0.5, 0.6) is 0 Å². The maximum Gasteiger partial charge on any atom is 0.302 e. The van der Waals surface area contributed by atoms with E-state index >= 15 is 0 Å². The van der Waals surface area contributed by atoms with E-state index in [2.05, 4.69) is 19.1 Å². The van der Waals surface area contributed by atoms with Gasteiger partial charge in [-0.05, 0) is 66.9 Å². The molecule has 0 radical (unpaired) electrons. The number of hydrogen-bond acceptors (Lipinski definition) is 5. The molecule has 0 amide bonds. The van der Waals surface area contributed by atoms with Crippen LogP contribution >= 0.6 is 0 Å². The second-order valence-electron chi connectivity index (χ2n) is 9.45. The number of allylic oxidation sites excluding steroid dienone is 3. The van der Waals surface area contributed by atoms with Crippen LogP contribution in [0, 0.1) is 34.5 Å². The largest absolute Gasteiger partial charge is 0.465 e. The number of fused-ring (bicyclic) bond motifs is 5. The Balaban J connectivity index is 1.71. The number of ether oxygens (including phenoxy) is 1. The van der Waals surface area contributed by atoms with Gasteiger partial charge in [-0.2, -0.15) is 0 Å². The smallest absolute Gasteiger partial charge is 0.302 e. The fourth-order valence-electron chi connectivity index (χ4n) is 6.95. The second kappa shape index (κ2) is 6.94. The second-order valence-corrected chi connectivity index (χ2v) is 9.45. The molecule has 0 unspecified atom stereocenters. The van der Waals surface area contributed by atoms with Crippen molar-refractivity contribution in [1.82, 2.24) is 0 Å². The highest BCUT2D eigenvalue weighted by Crippen LogP contribution is 2.65. The summed E-state index contributed by atoms with van der Waals surface area (Å²) in [6.45, 7) is 3.61. The average Bonchev–Trinajstić information content (AvgIpc) is 3.03. The Labute approximate surface area is 166 Å². The van der Waals surface area contributed by atoms with E-state index in [-0.39, 0.29) is 40.9 Å². The summed E-state index contributed by atoms with van der Waals surface area (Å²) in [4.78, 5) is 36.0. The minimum atomic E-state index is -0.373. The van der Waals surface area contributed by atoms with E-state index in [1.807, 2.05) is 0 Å². The molecule has 0 aromatic heterocycles. The summed E-state index contributed by atoms with van der Waals surface area (Å²) in [5.74, 6) is 0.788. The van der Waals surface area contributed by atoms with E-state index in [0.29, 0.717) is 30.8 Å². The van der Waals surface area contributed by atoms with E-state index < -0.39 is 0 Å². The number of rotatable bonds is 4. The molecular formula is C23H30O5. The summed E-state index contributed by atoms with van der Waals surface area (Å²) in [5.41, 5.74) is 0.634. The van der Waals surface area contributed by atoms with Crippen LogP contribution in [0.4, 0.5) is 0 Å². The van der Waals surface area contributed by atoms with E-state index in [9.17, 15) is 19.5 Å². The molecule has 0 heterocycles. The zero-order valence-corrected chi connectivity index (χ0v) is 16.8. The van der Waals surface area contributed by atoms with Crippen molar-refractivity contribution in [2.24, 2.45) is 34.5 Å². The predicted octanol–water partition coefficient (Wildman–Crippen LogP) is 3.02. The van der Waals surface area contributed by atoms with Gasteiger partial charge in [0.2, 0.25) is 0 Å². The van der Waals surface area contributed by atoms with E-state index in [0.717, 1.165) is 37.7 Å². The molecule has 5 heteroatoms. The summed E-state index contributed by atoms with van der Waals surface area (Å²) in [6.07, 6.45) is 11.0. The maximum absolute atomic E-state index is 12.4. The Bertz CT molecular complexity index is 765. The molecule has 0 aromatic carbocycles. The number of carbonyl (C=O) groups is 3. The topological polar surface area (TPSA) is 80.7 Å². The van der Waals surface area contributed by atoms with Crippen molar-refractivity contribution in [2.45, 2.75) is 52.4 Å². The lowest BCUT2D eigenvalue weighted by molar-refractivity contribution is -0.148. The number of aliphatic hydroxyl groups excluding tert-OH is 1. The highest BCUT2D eigenvalue weighted by molar-refractivity contribution is 5.92. The van der Waals surface area contributed by atoms with Crippen LogP contribution in [0.2, 0.25) is 0 Å². The van der Waals surface area contributed by atoms with Crippen molar-refractivity contribution in [1.29, 1.82) is 0 Å². The molecule has 5 nitrogen and oxygen atoms in total. The fraction of sp³-hybridized carbons (Fsp3) is 0.696. The van der Waals surface area contributed by atoms with Crippen molar-refractivity contribution in [3.05, 3.63) is 23.8 Å². The highest BCUT2D eigenvalue weighted by Gasteiger charge is 2.60. The summed E-state index contributed by atoms with van der Waals surface area (Å²) in [7, 11) is 0. The third kappa shape index (κ3) is 2.81. The van der Waals surface area contributed by atoms with Gasteiger partial charge in [-0.1, -0.05) is 19.1 Å². The fourth-order valence-corrected chi connectivity index (χ4v) is 6.95. The van der Waals surface area contributed by atoms with Crippen molar-refractivity contribution in [3.63, 3.8) is 0 Å². The number of aliphatic hydroxyl groups is 1. The maximum atomic E-state index is 12.4. The number of carbonyl (C=O) groups excluding carboxylic acids is 3. The highest BCUT2D eigenvalue weighted by atomic mass is 16.5. The monoisotopic (exact) mass is 386 g/mol. The first-order chi connectivity index (χ1) is 13.3. The minimum absolute atomic E-state index is 0.0262. The molecule has 28 heavy (non-hydrogen) atoms. The van der Waals surface area contributed by atoms with Gasteiger partial charge in [-0.25, -0.2) is 0 Å². The molecule has 6 atom stereocenters. The predicted molar refractivity (Wildman–Crippen MR) is 103 cm³/mol. The van der Waals surface area contributed by atoms with Gasteiger partial charge in [0.1, 0.15) is 13.2 Å². The van der Waals surface area contributed by atoms with Crippen LogP contribution in [0.1, 0.15) is 52.4 Å². The third-order valence-corrected chi connectivity index (χ3v) is 8.33. The molecule has 4 aliphatic rings. The number of Topliss-reactive ketones (excluding diaryl/α,β-unsaturated/α-hetero) is 1. The first kappa shape index (κ1) is 19.6. The summed E-state index contributed by atoms with van der Waals surface area (Å²) < 4.78 is 5.53. The van der Waals surface area contributed by atoms with Gasteiger partial charge in [0.05, 0.1) is 0 Å². The summed E-state index contributed by atoms with van der Waals surface area (Å²) >= 11 is 0. The van der Waals surface area contributed by atoms with E-state index in [1.54, 1.807) is 6.08 Å². The molecule has 2 fully saturated rings. The first-order valence-corrected chi connectivity index (χ1v) is 10.5. The number of esters is 1. The Morgan fingerprint density at radius 1 is 1.21 bits per heavy atom. The molecule has 1 N–H and O–H groups in total. The van der Waals surface area contributed by atoms with Crippen molar-refractivity contribution in [3.8, 4) is 0 Å². The van der Waals surface area contributed by atoms with Crippen LogP contribution < -0.4 is 0 Å². The SMILES string of the molecule is CC(=O)OC[C@]12CCC(=O)C=C1C=C[C@@H]1[C@@H]2CC[C@]2(C)[C@@H](C(=O)CO)CC[C@@H]12. The molecule has 0 aromatic rings. The van der Waals surface area contributed by atoms with E-state index in [4.69, 9.17) is 4.74 Å². The van der Waals surface area contributed by atoms with Gasteiger partial charge in [0.15, 0.2) is 11.6 Å². The van der Waals surface area contributed by atoms with Crippen LogP contribution in [0.15, 0.2) is 23.8 Å². The third-order valence-electron chi connectivity index (χ3n) is 8.33. The van der Waals surface area contributed by atoms with Crippen LogP contribution in [0.3, 0.4) is 0 Å². The first-order valence-electron chi connectivity index (χ1n) is 10.5. The zero-order valence-electron chi connectivity index (χ0n) is 16.8. The van der Waals surface area contributed by atoms with Gasteiger partial charge in [-0.15, -0.1) is 0 Å². The lowest BCUT2D eigenvalue weighted by Gasteiger charge is -2.56. The molecule has 4 aliphatic carbocycles. The molecule has 0 saturated heterocycles. The number of hydrogen-bond donors (Lipinski definition) is 1. The average molecular weight is 386 g/mol. The summed E-state index contributed by atoms with van der Waals surface area (Å²) in [6, 6.07) is 0. The van der Waals surface area contributed by atoms with Crippen LogP contribution in [-0.2, 0) is 19.1 Å². The normalized spacial score (nSPS) is 41.5. The standard InChI is InChI=1S/C23H30O5/c1-14(25)28-13-23-10-7-16(26)11-15(23)3-4-17-18-5-6-20(21(27)12-24)22(18,2)9-8-19(17)23/h3-4,11,17-20,24H,5-10,12-13H2,1-2H3/t17-,18-,19-,20+,22-,23+/m0/s1. The lowest BCUT2D eigenvalue weighted by Crippen LogP contribution is -2.52. The van der Waals surface area contributed by atoms with Crippen molar-refractivity contribution < 1.29 is 24.2 Å². The molecule has 152 valence electrons. The molecular weight excluding hydrogens is 356 g/mol. The molecule has 0 spiro atoms. The van der Waals surface area contributed by atoms with Gasteiger partial charge in [0.25, 0.3) is 0 Å². The van der Waals surface area contributed by atoms with Gasteiger partial charge < -0.3 is 9.84 Å². The van der Waals surface area contributed by atoms with Gasteiger partial charge in [-0.3, -0.25) is 14.4 Å². The molecule has 4 rings (SSSR count). The summed E-state index contributed by atoms with van der Waals surface area (Å²) in [5, 5.41) is 9.42. The van der Waals surface area contributed by atoms with Crippen molar-refractivity contribution >= 4 is 17.5 Å². The Kier molecular flexibility index (Phi) is 4.85. The zero-order chi connectivity index (χ0) is 20.1. The van der Waals surface area contributed by atoms with Gasteiger partial charge in [0, 0.05) is 24.7 Å². The lowest BCUT2D eigenvalue weighted by atomic mass is 9.48. The Hall–Kier alpha value is -1.75. The molecule has 0 bridgehead atoms. The molecule has 0 aliphatic heterocycles. The van der Waals surface area contributed by atoms with Crippen LogP contribution in [-0.4, -0.2) is 35.9 Å². The Morgan fingerprint density at radius 3 is 2.71 bits per heavy atom. The number of ketones is 2. The van der Waals surface area contributed by atoms with E-state index in [1.165, 1.54) is 6.92 Å². The van der Waals surface area contributed by atoms with Crippen LogP contribution in [0.25, 0.3) is 0 Å². The minimum Gasteiger partial charge on any atom is -0.465 e. The quantitative estimate of drug-likeness (QED) is 0.751. The Morgan fingerprint density at radius 2 is 2.00 bits per heavy atom.